The number of carbonyl (C=O) groups is 3. The van der Waals surface area contributed by atoms with Crippen molar-refractivity contribution < 1.29 is 28.4 Å². The van der Waals surface area contributed by atoms with Crippen molar-refractivity contribution in [1.82, 2.24) is 14.7 Å². The van der Waals surface area contributed by atoms with E-state index in [9.17, 15) is 14.4 Å². The molecule has 2 fully saturated rings. The van der Waals surface area contributed by atoms with E-state index >= 15 is 0 Å². The number of methoxy groups -OCH3 is 2. The molecule has 2 saturated heterocycles. The van der Waals surface area contributed by atoms with Gasteiger partial charge in [-0.25, -0.2) is 14.2 Å². The molecule has 3 amide bonds. The fourth-order valence-corrected chi connectivity index (χ4v) is 4.32. The van der Waals surface area contributed by atoms with E-state index in [0.29, 0.717) is 18.2 Å². The van der Waals surface area contributed by atoms with Crippen molar-refractivity contribution in [2.75, 3.05) is 72.5 Å². The summed E-state index contributed by atoms with van der Waals surface area (Å²) in [5, 5.41) is 0. The summed E-state index contributed by atoms with van der Waals surface area (Å²) in [4.78, 5) is 49.0. The van der Waals surface area contributed by atoms with E-state index in [4.69, 9.17) is 9.47 Å². The topological polar surface area (TPSA) is 98.0 Å². The van der Waals surface area contributed by atoms with Crippen molar-refractivity contribution in [3.63, 3.8) is 0 Å². The molecule has 3 aliphatic rings. The number of nitrogens with zero attached hydrogens (tertiary/aromatic N) is 6. The first-order chi connectivity index (χ1) is 15.8. The molecule has 0 radical (unpaired) electrons. The highest BCUT2D eigenvalue weighted by Gasteiger charge is 2.53. The number of amides is 3. The Kier molecular flexibility index (Phi) is 6.32. The molecule has 1 atom stereocenters. The molecule has 176 valence electrons. The van der Waals surface area contributed by atoms with Gasteiger partial charge in [-0.2, -0.15) is 0 Å². The molecule has 0 aromatic heterocycles. The first-order valence-electron chi connectivity index (χ1n) is 10.8. The second kappa shape index (κ2) is 9.18. The number of likely N-dealkylation sites (N-methyl/N-ethyl adjacent to an activating group) is 2. The van der Waals surface area contributed by atoms with Crippen LogP contribution in [0, 0.1) is 0 Å². The van der Waals surface area contributed by atoms with Crippen LogP contribution >= 0.6 is 0 Å². The Morgan fingerprint density at radius 3 is 2.33 bits per heavy atom. The number of benzene rings is 1. The molecule has 0 saturated carbocycles. The molecule has 0 N–H and O–H groups in total. The molecule has 3 heterocycles. The zero-order valence-electron chi connectivity index (χ0n) is 19.4. The van der Waals surface area contributed by atoms with Gasteiger partial charge in [0, 0.05) is 46.0 Å². The monoisotopic (exact) mass is 457 g/mol. The summed E-state index contributed by atoms with van der Waals surface area (Å²) in [6.45, 7) is 3.59. The van der Waals surface area contributed by atoms with Crippen LogP contribution in [0.5, 0.6) is 5.75 Å². The number of hydrogen-bond acceptors (Lipinski definition) is 8. The van der Waals surface area contributed by atoms with Gasteiger partial charge in [-0.15, -0.1) is 0 Å². The molecule has 3 aliphatic heterocycles. The average molecular weight is 458 g/mol. The predicted molar refractivity (Wildman–Crippen MR) is 121 cm³/mol. The maximum absolute atomic E-state index is 12.9. The largest absolute Gasteiger partial charge is 0.497 e. The number of amidine groups is 2. The van der Waals surface area contributed by atoms with Gasteiger partial charge in [0.05, 0.1) is 14.2 Å². The summed E-state index contributed by atoms with van der Waals surface area (Å²) in [6, 6.07) is 6.73. The van der Waals surface area contributed by atoms with Crippen LogP contribution in [-0.2, 0) is 14.3 Å². The number of ether oxygens (including phenoxy) is 2. The zero-order valence-corrected chi connectivity index (χ0v) is 19.4. The predicted octanol–water partition coefficient (Wildman–Crippen LogP) is -0.294. The molecule has 1 aromatic carbocycles. The van der Waals surface area contributed by atoms with Crippen molar-refractivity contribution >= 4 is 35.3 Å². The molecule has 11 heteroatoms. The van der Waals surface area contributed by atoms with Gasteiger partial charge in [-0.3, -0.25) is 19.5 Å². The van der Waals surface area contributed by atoms with Gasteiger partial charge in [0.1, 0.15) is 12.3 Å². The number of urea groups is 1. The molecule has 0 spiro atoms. The van der Waals surface area contributed by atoms with E-state index in [1.54, 1.807) is 18.7 Å². The van der Waals surface area contributed by atoms with Gasteiger partial charge in [-0.05, 0) is 29.3 Å². The number of aliphatic imine (C=N–C) groups is 1. The summed E-state index contributed by atoms with van der Waals surface area (Å²) in [5.41, 5.74) is 1.14. The van der Waals surface area contributed by atoms with Crippen LogP contribution in [-0.4, -0.2) is 122 Å². The van der Waals surface area contributed by atoms with Crippen molar-refractivity contribution in [3.05, 3.63) is 24.3 Å². The first kappa shape index (κ1) is 22.7. The summed E-state index contributed by atoms with van der Waals surface area (Å²) in [7, 11) is 5.98. The average Bonchev–Trinajstić information content (AvgIpc) is 3.19. The highest BCUT2D eigenvalue weighted by Crippen LogP contribution is 2.22. The Morgan fingerprint density at radius 2 is 1.73 bits per heavy atom. The smallest absolute Gasteiger partial charge is 0.347 e. The molecular formula is C22H29N6O5+. The first-order valence-corrected chi connectivity index (χ1v) is 10.8. The Balaban J connectivity index is 1.50. The fraction of sp³-hybridized carbons (Fsp3) is 0.500. The minimum atomic E-state index is -0.813. The zero-order chi connectivity index (χ0) is 23.7. The Labute approximate surface area is 192 Å². The SMILES string of the molecule is COC(=O)C[N+]1=C(CN2CCN(c3ccc(OC)cc3)CC2)N=C2C1C(=O)N(C)C(=O)N2C. The lowest BCUT2D eigenvalue weighted by Crippen LogP contribution is -2.62. The third-order valence-corrected chi connectivity index (χ3v) is 6.32. The lowest BCUT2D eigenvalue weighted by Gasteiger charge is -2.35. The number of fused-ring (bicyclic) bond motifs is 1. The normalized spacial score (nSPS) is 21.4. The number of esters is 1. The Bertz CT molecular complexity index is 1010. The molecule has 1 aromatic rings. The number of anilines is 1. The minimum absolute atomic E-state index is 0.114. The van der Waals surface area contributed by atoms with Crippen molar-refractivity contribution in [3.8, 4) is 5.75 Å². The van der Waals surface area contributed by atoms with Crippen LogP contribution in [0.25, 0.3) is 0 Å². The highest BCUT2D eigenvalue weighted by molar-refractivity contribution is 6.23. The summed E-state index contributed by atoms with van der Waals surface area (Å²) >= 11 is 0. The van der Waals surface area contributed by atoms with Crippen molar-refractivity contribution in [2.45, 2.75) is 6.04 Å². The standard InChI is InChI=1S/C22H29N6O5/c1-24-20-19(21(30)25(2)22(24)31)28(14-18(29)33-4)17(23-20)13-26-9-11-27(12-10-26)15-5-7-16(32-3)8-6-15/h5-8,19H,9-14H2,1-4H3/q+1. The third kappa shape index (κ3) is 4.28. The summed E-state index contributed by atoms with van der Waals surface area (Å²) in [6.07, 6.45) is 0. The number of imide groups is 1. The van der Waals surface area contributed by atoms with Gasteiger partial charge in [0.25, 0.3) is 17.8 Å². The number of piperazine rings is 1. The number of hydrogen-bond donors (Lipinski definition) is 0. The van der Waals surface area contributed by atoms with Crippen LogP contribution in [0.4, 0.5) is 10.5 Å². The van der Waals surface area contributed by atoms with Gasteiger partial charge >= 0.3 is 17.8 Å². The molecule has 1 unspecified atom stereocenters. The molecular weight excluding hydrogens is 428 g/mol. The van der Waals surface area contributed by atoms with Crippen LogP contribution in [0.3, 0.4) is 0 Å². The fourth-order valence-electron chi connectivity index (χ4n) is 4.32. The van der Waals surface area contributed by atoms with Crippen LogP contribution in [0.1, 0.15) is 0 Å². The maximum Gasteiger partial charge on any atom is 0.347 e. The van der Waals surface area contributed by atoms with E-state index in [1.807, 2.05) is 24.3 Å². The quantitative estimate of drug-likeness (QED) is 0.428. The van der Waals surface area contributed by atoms with E-state index in [1.165, 1.54) is 19.1 Å². The van der Waals surface area contributed by atoms with Gasteiger partial charge in [-0.1, -0.05) is 0 Å². The van der Waals surface area contributed by atoms with E-state index in [0.717, 1.165) is 42.5 Å². The van der Waals surface area contributed by atoms with Crippen LogP contribution < -0.4 is 9.64 Å². The Morgan fingerprint density at radius 1 is 1.06 bits per heavy atom. The number of rotatable bonds is 6. The molecule has 4 rings (SSSR count). The molecule has 11 nitrogen and oxygen atoms in total. The highest BCUT2D eigenvalue weighted by atomic mass is 16.5. The van der Waals surface area contributed by atoms with Gasteiger partial charge < -0.3 is 14.4 Å². The molecule has 0 aliphatic carbocycles. The summed E-state index contributed by atoms with van der Waals surface area (Å²) < 4.78 is 11.7. The van der Waals surface area contributed by atoms with E-state index < -0.39 is 23.9 Å². The number of carbonyl (C=O) groups excluding carboxylic acids is 3. The van der Waals surface area contributed by atoms with Crippen molar-refractivity contribution in [2.24, 2.45) is 4.99 Å². The maximum atomic E-state index is 12.9. The van der Waals surface area contributed by atoms with E-state index in [-0.39, 0.29) is 6.54 Å². The lowest BCUT2D eigenvalue weighted by molar-refractivity contribution is -0.527. The molecule has 0 bridgehead atoms. The molecule has 33 heavy (non-hydrogen) atoms. The second-order valence-electron chi connectivity index (χ2n) is 8.19. The van der Waals surface area contributed by atoms with Crippen LogP contribution in [0.15, 0.2) is 29.3 Å². The Hall–Kier alpha value is -3.47. The lowest BCUT2D eigenvalue weighted by atomic mass is 10.1. The minimum Gasteiger partial charge on any atom is -0.497 e. The van der Waals surface area contributed by atoms with E-state index in [2.05, 4.69) is 14.8 Å². The second-order valence-corrected chi connectivity index (χ2v) is 8.19. The van der Waals surface area contributed by atoms with Gasteiger partial charge in [0.2, 0.25) is 0 Å². The van der Waals surface area contributed by atoms with Crippen LogP contribution in [0.2, 0.25) is 0 Å². The third-order valence-electron chi connectivity index (χ3n) is 6.32. The van der Waals surface area contributed by atoms with Crippen molar-refractivity contribution in [1.29, 1.82) is 0 Å². The summed E-state index contributed by atoms with van der Waals surface area (Å²) in [5.74, 6) is 0.883. The van der Waals surface area contributed by atoms with Gasteiger partial charge in [0.15, 0.2) is 6.54 Å².